The van der Waals surface area contributed by atoms with Gasteiger partial charge in [0.2, 0.25) is 0 Å². The molecule has 0 saturated heterocycles. The Morgan fingerprint density at radius 2 is 0.706 bits per heavy atom. The molecule has 1 aliphatic heterocycles. The molecule has 1 aliphatic rings. The first-order valence-electron chi connectivity index (χ1n) is 6.69. The maximum absolute atomic E-state index is 3.40. The second-order valence-electron chi connectivity index (χ2n) is 4.13. The van der Waals surface area contributed by atoms with Gasteiger partial charge in [0.05, 0.1) is 0 Å². The van der Waals surface area contributed by atoms with E-state index in [2.05, 4.69) is 38.7 Å². The van der Waals surface area contributed by atoms with Crippen LogP contribution in [-0.4, -0.2) is 65.4 Å². The molecule has 5 N–H and O–H groups in total. The second-order valence-corrected chi connectivity index (χ2v) is 4.13. The molecule has 17 heavy (non-hydrogen) atoms. The van der Waals surface area contributed by atoms with Crippen molar-refractivity contribution in [3.05, 3.63) is 12.2 Å². The highest BCUT2D eigenvalue weighted by Crippen LogP contribution is 1.71. The minimum atomic E-state index is 0.958. The molecule has 1 rings (SSSR count). The minimum Gasteiger partial charge on any atom is -0.314 e. The van der Waals surface area contributed by atoms with Crippen LogP contribution < -0.4 is 26.6 Å². The smallest absolute Gasteiger partial charge is 0.0135 e. The zero-order valence-electron chi connectivity index (χ0n) is 10.7. The Morgan fingerprint density at radius 3 is 1.06 bits per heavy atom. The zero-order valence-corrected chi connectivity index (χ0v) is 10.7. The van der Waals surface area contributed by atoms with Gasteiger partial charge in [0.15, 0.2) is 0 Å². The monoisotopic (exact) mass is 241 g/mol. The molecule has 0 amide bonds. The van der Waals surface area contributed by atoms with Crippen LogP contribution in [0.3, 0.4) is 0 Å². The van der Waals surface area contributed by atoms with Crippen LogP contribution >= 0.6 is 0 Å². The third-order valence-corrected chi connectivity index (χ3v) is 2.61. The fourth-order valence-electron chi connectivity index (χ4n) is 1.62. The highest BCUT2D eigenvalue weighted by Gasteiger charge is 1.90. The SMILES string of the molecule is C1=C\CNCCNCCNCCNCCNC/1. The highest BCUT2D eigenvalue weighted by atomic mass is 15.0. The van der Waals surface area contributed by atoms with Gasteiger partial charge in [-0.25, -0.2) is 0 Å². The average molecular weight is 241 g/mol. The van der Waals surface area contributed by atoms with Gasteiger partial charge in [0, 0.05) is 65.4 Å². The lowest BCUT2D eigenvalue weighted by Gasteiger charge is -2.07. The van der Waals surface area contributed by atoms with Crippen LogP contribution in [0.2, 0.25) is 0 Å². The van der Waals surface area contributed by atoms with Crippen molar-refractivity contribution in [3.8, 4) is 0 Å². The largest absolute Gasteiger partial charge is 0.314 e. The predicted molar refractivity (Wildman–Crippen MR) is 73.5 cm³/mol. The Morgan fingerprint density at radius 1 is 0.412 bits per heavy atom. The first kappa shape index (κ1) is 14.6. The van der Waals surface area contributed by atoms with Crippen LogP contribution in [0.1, 0.15) is 0 Å². The Balaban J connectivity index is 2.07. The first-order valence-corrected chi connectivity index (χ1v) is 6.69. The van der Waals surface area contributed by atoms with E-state index < -0.39 is 0 Å². The van der Waals surface area contributed by atoms with Crippen molar-refractivity contribution in [2.45, 2.75) is 0 Å². The summed E-state index contributed by atoms with van der Waals surface area (Å²) in [5.74, 6) is 0. The van der Waals surface area contributed by atoms with Gasteiger partial charge < -0.3 is 26.6 Å². The van der Waals surface area contributed by atoms with E-state index >= 15 is 0 Å². The number of hydrogen-bond acceptors (Lipinski definition) is 5. The van der Waals surface area contributed by atoms with Crippen LogP contribution in [0.15, 0.2) is 12.2 Å². The molecule has 0 spiro atoms. The summed E-state index contributed by atoms with van der Waals surface area (Å²) in [5, 5.41) is 16.9. The van der Waals surface area contributed by atoms with Crippen molar-refractivity contribution < 1.29 is 0 Å². The quantitative estimate of drug-likeness (QED) is 0.334. The van der Waals surface area contributed by atoms with Crippen LogP contribution in [0.4, 0.5) is 0 Å². The fourth-order valence-corrected chi connectivity index (χ4v) is 1.62. The normalized spacial score (nSPS) is 24.9. The lowest BCUT2D eigenvalue weighted by atomic mass is 10.4. The van der Waals surface area contributed by atoms with E-state index in [-0.39, 0.29) is 0 Å². The van der Waals surface area contributed by atoms with Gasteiger partial charge in [-0.05, 0) is 0 Å². The van der Waals surface area contributed by atoms with Gasteiger partial charge in [-0.3, -0.25) is 0 Å². The van der Waals surface area contributed by atoms with Crippen LogP contribution in [0.25, 0.3) is 0 Å². The maximum atomic E-state index is 3.40. The van der Waals surface area contributed by atoms with Gasteiger partial charge in [-0.2, -0.15) is 0 Å². The van der Waals surface area contributed by atoms with Crippen molar-refractivity contribution in [2.75, 3.05) is 65.4 Å². The summed E-state index contributed by atoms with van der Waals surface area (Å²) >= 11 is 0. The van der Waals surface area contributed by atoms with E-state index in [1.54, 1.807) is 0 Å². The van der Waals surface area contributed by atoms with Crippen LogP contribution in [0, 0.1) is 0 Å². The van der Waals surface area contributed by atoms with Gasteiger partial charge in [-0.1, -0.05) is 12.2 Å². The molecule has 0 aromatic heterocycles. The predicted octanol–water partition coefficient (Wildman–Crippen LogP) is -1.50. The Hall–Kier alpha value is -0.460. The molecule has 0 radical (unpaired) electrons. The molecule has 0 aromatic carbocycles. The molecule has 1 heterocycles. The first-order chi connectivity index (χ1) is 8.50. The lowest BCUT2D eigenvalue weighted by Crippen LogP contribution is -2.36. The summed E-state index contributed by atoms with van der Waals surface area (Å²) in [6.45, 7) is 10.2. The summed E-state index contributed by atoms with van der Waals surface area (Å²) < 4.78 is 0. The lowest BCUT2D eigenvalue weighted by molar-refractivity contribution is 0.568. The van der Waals surface area contributed by atoms with Gasteiger partial charge in [0.1, 0.15) is 0 Å². The van der Waals surface area contributed by atoms with Crippen molar-refractivity contribution in [1.29, 1.82) is 0 Å². The Labute approximate surface area is 105 Å². The molecule has 0 bridgehead atoms. The standard InChI is InChI=1S/C12H27N5/c1-2-4-14-6-8-16-10-12-17-11-9-15-7-5-13-3-1/h1-2,13-17H,3-12H2/b2-1-. The number of rotatable bonds is 0. The van der Waals surface area contributed by atoms with Crippen molar-refractivity contribution in [2.24, 2.45) is 0 Å². The summed E-state index contributed by atoms with van der Waals surface area (Å²) in [6.07, 6.45) is 4.36. The molecule has 0 aromatic rings. The highest BCUT2D eigenvalue weighted by molar-refractivity contribution is 4.85. The minimum absolute atomic E-state index is 0.958. The molecule has 5 nitrogen and oxygen atoms in total. The average Bonchev–Trinajstić information content (AvgIpc) is 2.35. The third-order valence-electron chi connectivity index (χ3n) is 2.61. The number of hydrogen-bond donors (Lipinski definition) is 5. The van der Waals surface area contributed by atoms with Gasteiger partial charge in [-0.15, -0.1) is 0 Å². The molecule has 0 atom stereocenters. The third kappa shape index (κ3) is 10.4. The summed E-state index contributed by atoms with van der Waals surface area (Å²) in [6, 6.07) is 0. The summed E-state index contributed by atoms with van der Waals surface area (Å²) in [5.41, 5.74) is 0. The molecule has 0 aliphatic carbocycles. The van der Waals surface area contributed by atoms with Crippen molar-refractivity contribution in [3.63, 3.8) is 0 Å². The van der Waals surface area contributed by atoms with E-state index in [0.717, 1.165) is 65.4 Å². The molecular weight excluding hydrogens is 214 g/mol. The molecular formula is C12H27N5. The van der Waals surface area contributed by atoms with Crippen LogP contribution in [0.5, 0.6) is 0 Å². The summed E-state index contributed by atoms with van der Waals surface area (Å²) in [4.78, 5) is 0. The molecule has 100 valence electrons. The zero-order chi connectivity index (χ0) is 12.0. The van der Waals surface area contributed by atoms with Gasteiger partial charge in [0.25, 0.3) is 0 Å². The van der Waals surface area contributed by atoms with Gasteiger partial charge >= 0.3 is 0 Å². The fraction of sp³-hybridized carbons (Fsp3) is 0.833. The number of nitrogens with one attached hydrogen (secondary N) is 5. The van der Waals surface area contributed by atoms with Crippen LogP contribution in [-0.2, 0) is 0 Å². The molecule has 0 saturated carbocycles. The Bertz CT molecular complexity index is 166. The maximum Gasteiger partial charge on any atom is 0.0135 e. The molecule has 0 unspecified atom stereocenters. The van der Waals surface area contributed by atoms with E-state index in [0.29, 0.717) is 0 Å². The van der Waals surface area contributed by atoms with Crippen molar-refractivity contribution in [1.82, 2.24) is 26.6 Å². The van der Waals surface area contributed by atoms with Crippen molar-refractivity contribution >= 4 is 0 Å². The van der Waals surface area contributed by atoms with E-state index in [1.807, 2.05) is 0 Å². The topological polar surface area (TPSA) is 60.1 Å². The van der Waals surface area contributed by atoms with E-state index in [1.165, 1.54) is 0 Å². The Kier molecular flexibility index (Phi) is 10.3. The van der Waals surface area contributed by atoms with E-state index in [4.69, 9.17) is 0 Å². The molecule has 0 fully saturated rings. The van der Waals surface area contributed by atoms with E-state index in [9.17, 15) is 0 Å². The second kappa shape index (κ2) is 12.0. The molecule has 5 heteroatoms. The summed E-state index contributed by atoms with van der Waals surface area (Å²) in [7, 11) is 0.